The number of amides is 1. The molecule has 0 bridgehead atoms. The molecule has 1 fully saturated rings. The number of hydrogen-bond acceptors (Lipinski definition) is 3. The standard InChI is InChI=1S/C20H20F3N5O/c21-16-5-1-2-6-17(16)28-19(26-7-3-4-8-26)15(13-24-28)20(29)27-11-9-25(10-12-27)14-18(22)23/h1-8,13,18H,9-12,14H2. The zero-order chi connectivity index (χ0) is 20.4. The van der Waals surface area contributed by atoms with Crippen LogP contribution in [0.15, 0.2) is 55.0 Å². The Bertz CT molecular complexity index is 978. The van der Waals surface area contributed by atoms with Gasteiger partial charge in [-0.05, 0) is 24.3 Å². The summed E-state index contributed by atoms with van der Waals surface area (Å²) in [6, 6.07) is 9.81. The van der Waals surface area contributed by atoms with Gasteiger partial charge in [0.2, 0.25) is 0 Å². The van der Waals surface area contributed by atoms with E-state index in [0.717, 1.165) is 0 Å². The van der Waals surface area contributed by atoms with Gasteiger partial charge < -0.3 is 9.47 Å². The average molecular weight is 403 g/mol. The average Bonchev–Trinajstić information content (AvgIpc) is 3.37. The molecule has 1 saturated heterocycles. The second kappa shape index (κ2) is 8.12. The van der Waals surface area contributed by atoms with Crippen LogP contribution >= 0.6 is 0 Å². The molecule has 152 valence electrons. The first-order valence-electron chi connectivity index (χ1n) is 9.30. The molecule has 2 aromatic heterocycles. The second-order valence-electron chi connectivity index (χ2n) is 6.82. The minimum Gasteiger partial charge on any atom is -0.336 e. The van der Waals surface area contributed by atoms with Crippen LogP contribution in [0, 0.1) is 5.82 Å². The van der Waals surface area contributed by atoms with Gasteiger partial charge in [-0.1, -0.05) is 12.1 Å². The fraction of sp³-hybridized carbons (Fsp3) is 0.300. The number of aromatic nitrogens is 3. The molecule has 1 aliphatic heterocycles. The maximum atomic E-state index is 14.4. The number of rotatable bonds is 5. The number of carbonyl (C=O) groups excluding carboxylic acids is 1. The van der Waals surface area contributed by atoms with Crippen molar-refractivity contribution in [3.8, 4) is 11.5 Å². The number of piperazine rings is 1. The van der Waals surface area contributed by atoms with E-state index in [4.69, 9.17) is 0 Å². The number of carbonyl (C=O) groups is 1. The SMILES string of the molecule is O=C(c1cnn(-c2ccccc2F)c1-n1cccc1)N1CCN(CC(F)F)CC1. The lowest BCUT2D eigenvalue weighted by molar-refractivity contribution is 0.0459. The van der Waals surface area contributed by atoms with Crippen LogP contribution in [0.1, 0.15) is 10.4 Å². The molecule has 1 aliphatic rings. The third-order valence-corrected chi connectivity index (χ3v) is 4.96. The van der Waals surface area contributed by atoms with Crippen molar-refractivity contribution in [2.45, 2.75) is 6.43 Å². The molecule has 0 N–H and O–H groups in total. The molecule has 4 rings (SSSR count). The summed E-state index contributed by atoms with van der Waals surface area (Å²) in [4.78, 5) is 16.4. The predicted octanol–water partition coefficient (Wildman–Crippen LogP) is 2.83. The number of hydrogen-bond donors (Lipinski definition) is 0. The van der Waals surface area contributed by atoms with Crippen molar-refractivity contribution in [3.05, 3.63) is 66.4 Å². The number of halogens is 3. The molecule has 3 heterocycles. The van der Waals surface area contributed by atoms with Crippen LogP contribution in [-0.2, 0) is 0 Å². The molecule has 0 unspecified atom stereocenters. The Morgan fingerprint density at radius 3 is 2.38 bits per heavy atom. The van der Waals surface area contributed by atoms with Crippen molar-refractivity contribution in [3.63, 3.8) is 0 Å². The summed E-state index contributed by atoms with van der Waals surface area (Å²) >= 11 is 0. The summed E-state index contributed by atoms with van der Waals surface area (Å²) in [5.74, 6) is -0.281. The summed E-state index contributed by atoms with van der Waals surface area (Å²) in [5, 5.41) is 4.27. The lowest BCUT2D eigenvalue weighted by Gasteiger charge is -2.34. The highest BCUT2D eigenvalue weighted by Crippen LogP contribution is 2.23. The van der Waals surface area contributed by atoms with E-state index in [1.54, 1.807) is 57.1 Å². The highest BCUT2D eigenvalue weighted by atomic mass is 19.3. The first-order chi connectivity index (χ1) is 14.0. The van der Waals surface area contributed by atoms with E-state index in [1.807, 2.05) is 0 Å². The summed E-state index contributed by atoms with van der Waals surface area (Å²) in [5.41, 5.74) is 0.559. The van der Waals surface area contributed by atoms with Gasteiger partial charge in [0, 0.05) is 38.6 Å². The first kappa shape index (κ1) is 19.3. The van der Waals surface area contributed by atoms with Gasteiger partial charge in [0.15, 0.2) is 5.82 Å². The van der Waals surface area contributed by atoms with E-state index in [9.17, 15) is 18.0 Å². The molecule has 0 saturated carbocycles. The normalized spacial score (nSPS) is 15.2. The molecule has 29 heavy (non-hydrogen) atoms. The number of benzene rings is 1. The van der Waals surface area contributed by atoms with E-state index < -0.39 is 12.2 Å². The molecule has 9 heteroatoms. The van der Waals surface area contributed by atoms with Gasteiger partial charge in [0.1, 0.15) is 17.1 Å². The minimum atomic E-state index is -2.39. The van der Waals surface area contributed by atoms with Gasteiger partial charge in [0.05, 0.1) is 12.7 Å². The van der Waals surface area contributed by atoms with Gasteiger partial charge in [0.25, 0.3) is 12.3 Å². The lowest BCUT2D eigenvalue weighted by Crippen LogP contribution is -2.49. The fourth-order valence-corrected chi connectivity index (χ4v) is 3.52. The first-order valence-corrected chi connectivity index (χ1v) is 9.30. The topological polar surface area (TPSA) is 46.3 Å². The third-order valence-electron chi connectivity index (χ3n) is 4.96. The molecule has 1 aromatic carbocycles. The van der Waals surface area contributed by atoms with E-state index in [-0.39, 0.29) is 18.1 Å². The number of para-hydroxylation sites is 1. The van der Waals surface area contributed by atoms with Crippen LogP contribution < -0.4 is 0 Å². The highest BCUT2D eigenvalue weighted by molar-refractivity contribution is 5.97. The largest absolute Gasteiger partial charge is 0.336 e. The Kier molecular flexibility index (Phi) is 5.39. The fourth-order valence-electron chi connectivity index (χ4n) is 3.52. The van der Waals surface area contributed by atoms with E-state index >= 15 is 0 Å². The predicted molar refractivity (Wildman–Crippen MR) is 101 cm³/mol. The van der Waals surface area contributed by atoms with E-state index in [0.29, 0.717) is 37.6 Å². The molecule has 3 aromatic rings. The maximum absolute atomic E-state index is 14.4. The summed E-state index contributed by atoms with van der Waals surface area (Å²) < 4.78 is 42.6. The van der Waals surface area contributed by atoms with Crippen LogP contribution in [-0.4, -0.2) is 69.2 Å². The molecular formula is C20H20F3N5O. The Morgan fingerprint density at radius 2 is 1.72 bits per heavy atom. The number of nitrogens with zero attached hydrogens (tertiary/aromatic N) is 5. The summed E-state index contributed by atoms with van der Waals surface area (Å²) in [6.45, 7) is 1.18. The summed E-state index contributed by atoms with van der Waals surface area (Å²) in [7, 11) is 0. The Hall–Kier alpha value is -3.07. The smallest absolute Gasteiger partial charge is 0.259 e. The van der Waals surface area contributed by atoms with E-state index in [1.165, 1.54) is 16.9 Å². The Labute approximate surface area is 165 Å². The zero-order valence-electron chi connectivity index (χ0n) is 15.6. The Balaban J connectivity index is 1.65. The molecular weight excluding hydrogens is 383 g/mol. The molecule has 0 atom stereocenters. The third kappa shape index (κ3) is 3.91. The van der Waals surface area contributed by atoms with Gasteiger partial charge in [-0.15, -0.1) is 0 Å². The number of alkyl halides is 2. The van der Waals surface area contributed by atoms with Crippen LogP contribution in [0.25, 0.3) is 11.5 Å². The van der Waals surface area contributed by atoms with Crippen molar-refractivity contribution in [1.82, 2.24) is 24.1 Å². The molecule has 0 aliphatic carbocycles. The van der Waals surface area contributed by atoms with Crippen LogP contribution in [0.4, 0.5) is 13.2 Å². The van der Waals surface area contributed by atoms with Gasteiger partial charge in [-0.25, -0.2) is 17.9 Å². The van der Waals surface area contributed by atoms with Crippen molar-refractivity contribution in [2.75, 3.05) is 32.7 Å². The van der Waals surface area contributed by atoms with Crippen LogP contribution in [0.5, 0.6) is 0 Å². The molecule has 1 amide bonds. The van der Waals surface area contributed by atoms with Gasteiger partial charge >= 0.3 is 0 Å². The van der Waals surface area contributed by atoms with Gasteiger partial charge in [-0.3, -0.25) is 9.69 Å². The maximum Gasteiger partial charge on any atom is 0.259 e. The van der Waals surface area contributed by atoms with Crippen molar-refractivity contribution >= 4 is 5.91 Å². The summed E-state index contributed by atoms with van der Waals surface area (Å²) in [6.07, 6.45) is 2.55. The highest BCUT2D eigenvalue weighted by Gasteiger charge is 2.28. The Morgan fingerprint density at radius 1 is 1.03 bits per heavy atom. The van der Waals surface area contributed by atoms with Crippen molar-refractivity contribution in [2.24, 2.45) is 0 Å². The van der Waals surface area contributed by atoms with Crippen LogP contribution in [0.3, 0.4) is 0 Å². The van der Waals surface area contributed by atoms with Crippen molar-refractivity contribution < 1.29 is 18.0 Å². The minimum absolute atomic E-state index is 0.233. The monoisotopic (exact) mass is 403 g/mol. The van der Waals surface area contributed by atoms with Gasteiger partial charge in [-0.2, -0.15) is 5.10 Å². The second-order valence-corrected chi connectivity index (χ2v) is 6.82. The zero-order valence-corrected chi connectivity index (χ0v) is 15.6. The molecule has 0 radical (unpaired) electrons. The molecule has 0 spiro atoms. The molecule has 6 nitrogen and oxygen atoms in total. The van der Waals surface area contributed by atoms with Crippen molar-refractivity contribution in [1.29, 1.82) is 0 Å². The van der Waals surface area contributed by atoms with Crippen LogP contribution in [0.2, 0.25) is 0 Å². The lowest BCUT2D eigenvalue weighted by atomic mass is 10.2. The van der Waals surface area contributed by atoms with E-state index in [2.05, 4.69) is 5.10 Å². The quantitative estimate of drug-likeness (QED) is 0.658.